The normalized spacial score (nSPS) is 10.9. The molecule has 0 saturated carbocycles. The Hall–Kier alpha value is -4.79. The molecule has 168 valence electrons. The van der Waals surface area contributed by atoms with E-state index < -0.39 is 11.6 Å². The highest BCUT2D eigenvalue weighted by molar-refractivity contribution is 5.90. The predicted molar refractivity (Wildman–Crippen MR) is 128 cm³/mol. The number of nitrogens with zero attached hydrogens (tertiary/aromatic N) is 5. The third kappa shape index (κ3) is 4.02. The smallest absolute Gasteiger partial charge is 0.352 e. The van der Waals surface area contributed by atoms with E-state index in [1.54, 1.807) is 31.4 Å². The summed E-state index contributed by atoms with van der Waals surface area (Å²) in [5, 5.41) is 15.6. The Bertz CT molecular complexity index is 1510. The lowest BCUT2D eigenvalue weighted by molar-refractivity contribution is -0.117. The maximum atomic E-state index is 13.4. The molecule has 0 aliphatic carbocycles. The van der Waals surface area contributed by atoms with E-state index in [0.717, 1.165) is 15.8 Å². The summed E-state index contributed by atoms with van der Waals surface area (Å²) in [5.74, 6) is 0.393. The quantitative estimate of drug-likeness (QED) is 0.424. The van der Waals surface area contributed by atoms with Gasteiger partial charge in [-0.15, -0.1) is 15.3 Å². The van der Waals surface area contributed by atoms with E-state index in [1.165, 1.54) is 4.40 Å². The van der Waals surface area contributed by atoms with Gasteiger partial charge in [0.25, 0.3) is 5.78 Å². The molecule has 0 aliphatic heterocycles. The lowest BCUT2D eigenvalue weighted by atomic mass is 10.0. The first kappa shape index (κ1) is 21.1. The van der Waals surface area contributed by atoms with Crippen LogP contribution in [0.5, 0.6) is 5.75 Å². The minimum atomic E-state index is -0.481. The number of amides is 1. The van der Waals surface area contributed by atoms with Crippen molar-refractivity contribution in [2.75, 3.05) is 12.4 Å². The number of carbonyl (C=O) groups is 1. The van der Waals surface area contributed by atoms with Gasteiger partial charge in [0.2, 0.25) is 5.91 Å². The second kappa shape index (κ2) is 8.99. The monoisotopic (exact) mass is 452 g/mol. The van der Waals surface area contributed by atoms with Crippen molar-refractivity contribution in [3.63, 3.8) is 0 Å². The number of ether oxygens (including phenoxy) is 1. The molecule has 5 rings (SSSR count). The second-order valence-electron chi connectivity index (χ2n) is 7.48. The average Bonchev–Trinajstić information content (AvgIpc) is 3.19. The molecule has 1 N–H and O–H groups in total. The molecule has 0 unspecified atom stereocenters. The Morgan fingerprint density at radius 3 is 2.18 bits per heavy atom. The van der Waals surface area contributed by atoms with Crippen molar-refractivity contribution in [1.29, 1.82) is 0 Å². The number of rotatable bonds is 6. The van der Waals surface area contributed by atoms with Crippen LogP contribution in [0.25, 0.3) is 28.3 Å². The Kier molecular flexibility index (Phi) is 5.57. The van der Waals surface area contributed by atoms with E-state index >= 15 is 0 Å². The number of hydrogen-bond donors (Lipinski definition) is 1. The van der Waals surface area contributed by atoms with Gasteiger partial charge < -0.3 is 10.1 Å². The molecule has 1 amide bonds. The average molecular weight is 452 g/mol. The molecule has 3 aromatic carbocycles. The summed E-state index contributed by atoms with van der Waals surface area (Å²) < 4.78 is 7.61. The molecule has 0 fully saturated rings. The second-order valence-corrected chi connectivity index (χ2v) is 7.48. The van der Waals surface area contributed by atoms with Crippen LogP contribution >= 0.6 is 0 Å². The summed E-state index contributed by atoms with van der Waals surface area (Å²) in [5.41, 5.74) is 2.80. The maximum absolute atomic E-state index is 13.4. The van der Waals surface area contributed by atoms with Gasteiger partial charge in [0, 0.05) is 16.8 Å². The molecule has 0 saturated heterocycles. The molecular formula is C25H20N6O3. The molecule has 0 atom stereocenters. The van der Waals surface area contributed by atoms with E-state index in [0.29, 0.717) is 22.8 Å². The van der Waals surface area contributed by atoms with Crippen molar-refractivity contribution in [3.8, 4) is 28.3 Å². The fourth-order valence-corrected chi connectivity index (χ4v) is 3.67. The molecule has 2 heterocycles. The van der Waals surface area contributed by atoms with Crippen molar-refractivity contribution in [2.45, 2.75) is 6.54 Å². The number of aromatic nitrogens is 5. The molecule has 9 nitrogen and oxygen atoms in total. The van der Waals surface area contributed by atoms with Crippen LogP contribution < -0.4 is 15.7 Å². The fraction of sp³-hybridized carbons (Fsp3) is 0.0800. The van der Waals surface area contributed by atoms with E-state index in [4.69, 9.17) is 4.74 Å². The van der Waals surface area contributed by atoms with Crippen LogP contribution in [0.3, 0.4) is 0 Å². The Balaban J connectivity index is 1.56. The van der Waals surface area contributed by atoms with Crippen LogP contribution in [0.1, 0.15) is 0 Å². The van der Waals surface area contributed by atoms with E-state index in [2.05, 4.69) is 20.6 Å². The van der Waals surface area contributed by atoms with Crippen LogP contribution in [-0.4, -0.2) is 37.4 Å². The maximum Gasteiger partial charge on any atom is 0.352 e. The lowest BCUT2D eigenvalue weighted by Gasteiger charge is -2.09. The lowest BCUT2D eigenvalue weighted by Crippen LogP contribution is -2.28. The Labute approximate surface area is 194 Å². The van der Waals surface area contributed by atoms with E-state index in [-0.39, 0.29) is 12.3 Å². The van der Waals surface area contributed by atoms with E-state index in [1.807, 2.05) is 60.7 Å². The van der Waals surface area contributed by atoms with Gasteiger partial charge in [0.1, 0.15) is 18.0 Å². The van der Waals surface area contributed by atoms with Gasteiger partial charge in [0.15, 0.2) is 0 Å². The van der Waals surface area contributed by atoms with Crippen LogP contribution in [0.4, 0.5) is 5.69 Å². The zero-order chi connectivity index (χ0) is 23.5. The third-order valence-corrected chi connectivity index (χ3v) is 5.27. The van der Waals surface area contributed by atoms with Gasteiger partial charge in [-0.25, -0.2) is 13.9 Å². The number of methoxy groups -OCH3 is 1. The molecule has 0 aliphatic rings. The first-order valence-electron chi connectivity index (χ1n) is 10.5. The number of nitrogens with one attached hydrogen (secondary N) is 1. The summed E-state index contributed by atoms with van der Waals surface area (Å²) in [7, 11) is 1.57. The minimum absolute atomic E-state index is 0.112. The number of benzene rings is 3. The largest absolute Gasteiger partial charge is 0.497 e. The highest BCUT2D eigenvalue weighted by Gasteiger charge is 2.20. The van der Waals surface area contributed by atoms with Crippen molar-refractivity contribution >= 4 is 17.4 Å². The van der Waals surface area contributed by atoms with Crippen molar-refractivity contribution < 1.29 is 9.53 Å². The summed E-state index contributed by atoms with van der Waals surface area (Å²) >= 11 is 0. The molecule has 0 bridgehead atoms. The summed E-state index contributed by atoms with van der Waals surface area (Å²) in [6.45, 7) is -0.275. The fourth-order valence-electron chi connectivity index (χ4n) is 3.67. The standard InChI is InChI=1S/C25H20N6O3/c1-34-20-14-12-19(13-15-20)26-21(32)16-30-25(33)31-23(18-10-6-3-7-11-18)22(27-28-24(31)29-30)17-8-4-2-5-9-17/h2-15H,16H2,1H3,(H,26,32). The number of hydrogen-bond acceptors (Lipinski definition) is 6. The van der Waals surface area contributed by atoms with E-state index in [9.17, 15) is 9.59 Å². The Morgan fingerprint density at radius 1 is 0.882 bits per heavy atom. The predicted octanol–water partition coefficient (Wildman–Crippen LogP) is 3.27. The molecule has 9 heteroatoms. The third-order valence-electron chi connectivity index (χ3n) is 5.27. The van der Waals surface area contributed by atoms with Crippen LogP contribution in [0, 0.1) is 0 Å². The van der Waals surface area contributed by atoms with Gasteiger partial charge in [-0.05, 0) is 24.3 Å². The summed E-state index contributed by atoms with van der Waals surface area (Å²) in [4.78, 5) is 26.0. The first-order valence-corrected chi connectivity index (χ1v) is 10.5. The molecule has 5 aromatic rings. The van der Waals surface area contributed by atoms with Crippen LogP contribution in [0.15, 0.2) is 89.7 Å². The summed E-state index contributed by atoms with van der Waals surface area (Å²) in [6, 6.07) is 25.9. The molecule has 2 aromatic heterocycles. The van der Waals surface area contributed by atoms with Gasteiger partial charge in [-0.3, -0.25) is 4.79 Å². The number of anilines is 1. The van der Waals surface area contributed by atoms with Gasteiger partial charge in [-0.2, -0.15) is 0 Å². The highest BCUT2D eigenvalue weighted by Crippen LogP contribution is 2.29. The summed E-state index contributed by atoms with van der Waals surface area (Å²) in [6.07, 6.45) is 0. The van der Waals surface area contributed by atoms with Gasteiger partial charge in [-0.1, -0.05) is 60.7 Å². The first-order chi connectivity index (χ1) is 16.6. The van der Waals surface area contributed by atoms with Crippen molar-refractivity contribution in [2.24, 2.45) is 0 Å². The van der Waals surface area contributed by atoms with Crippen LogP contribution in [-0.2, 0) is 11.3 Å². The number of carbonyl (C=O) groups excluding carboxylic acids is 1. The van der Waals surface area contributed by atoms with Gasteiger partial charge >= 0.3 is 5.69 Å². The molecule has 0 radical (unpaired) electrons. The minimum Gasteiger partial charge on any atom is -0.497 e. The SMILES string of the molecule is COc1ccc(NC(=O)Cn2nc3nnc(-c4ccccc4)c(-c4ccccc4)n3c2=O)cc1. The van der Waals surface area contributed by atoms with Crippen LogP contribution in [0.2, 0.25) is 0 Å². The molecule has 34 heavy (non-hydrogen) atoms. The zero-order valence-corrected chi connectivity index (χ0v) is 18.3. The van der Waals surface area contributed by atoms with Crippen molar-refractivity contribution in [1.82, 2.24) is 24.4 Å². The molecular weight excluding hydrogens is 432 g/mol. The molecule has 0 spiro atoms. The number of fused-ring (bicyclic) bond motifs is 1. The highest BCUT2D eigenvalue weighted by atomic mass is 16.5. The topological polar surface area (TPSA) is 103 Å². The van der Waals surface area contributed by atoms with Gasteiger partial charge in [0.05, 0.1) is 12.8 Å². The Morgan fingerprint density at radius 2 is 1.53 bits per heavy atom. The van der Waals surface area contributed by atoms with Crippen molar-refractivity contribution in [3.05, 3.63) is 95.4 Å². The zero-order valence-electron chi connectivity index (χ0n) is 18.3.